The van der Waals surface area contributed by atoms with Crippen LogP contribution in [0.25, 0.3) is 0 Å². The maximum absolute atomic E-state index is 13.4. The highest BCUT2D eigenvalue weighted by atomic mass is 19.1. The molecule has 0 bridgehead atoms. The molecule has 0 saturated carbocycles. The molecule has 0 spiro atoms. The van der Waals surface area contributed by atoms with Crippen molar-refractivity contribution in [3.05, 3.63) is 97.1 Å². The van der Waals surface area contributed by atoms with Crippen molar-refractivity contribution in [3.8, 4) is 0 Å². The number of pyridine rings is 1. The number of aromatic amines is 1. The van der Waals surface area contributed by atoms with E-state index < -0.39 is 0 Å². The molecule has 1 aliphatic carbocycles. The number of benzene rings is 1. The Morgan fingerprint density at radius 2 is 1.78 bits per heavy atom. The van der Waals surface area contributed by atoms with E-state index in [9.17, 15) is 18.8 Å². The largest absolute Gasteiger partial charge is 0.329 e. The number of piperidine rings is 1. The standard InChI is InChI=1S/C28H31FN4O3/c29-22-9-7-19(8-10-22)26(34)20-11-14-32(15-12-20)16-17-33-28(36)24(18-21-4-3-13-30-27(21)35)23-5-1-2-6-25(23)31-33/h3-4,7-10,13,20H,1-2,5-6,11-12,14-18H2,(H,30,35). The fourth-order valence-corrected chi connectivity index (χ4v) is 5.43. The molecule has 36 heavy (non-hydrogen) atoms. The highest BCUT2D eigenvalue weighted by molar-refractivity contribution is 5.97. The molecule has 0 unspecified atom stereocenters. The Morgan fingerprint density at radius 1 is 1.03 bits per heavy atom. The van der Waals surface area contributed by atoms with Gasteiger partial charge in [-0.3, -0.25) is 14.4 Å². The van der Waals surface area contributed by atoms with Crippen LogP contribution in [0.5, 0.6) is 0 Å². The first-order valence-electron chi connectivity index (χ1n) is 12.8. The normalized spacial score (nSPS) is 16.6. The fraction of sp³-hybridized carbons (Fsp3) is 0.429. The summed E-state index contributed by atoms with van der Waals surface area (Å²) in [4.78, 5) is 43.5. The summed E-state index contributed by atoms with van der Waals surface area (Å²) in [6.45, 7) is 2.68. The molecule has 1 N–H and O–H groups in total. The minimum atomic E-state index is -0.342. The van der Waals surface area contributed by atoms with Gasteiger partial charge in [-0.15, -0.1) is 0 Å². The number of fused-ring (bicyclic) bond motifs is 1. The SMILES string of the molecule is O=C(c1ccc(F)cc1)C1CCN(CCn2nc3c(c(Cc4ccc[nH]c4=O)c2=O)CCCC3)CC1. The summed E-state index contributed by atoms with van der Waals surface area (Å²) in [5.41, 5.74) is 3.57. The Kier molecular flexibility index (Phi) is 7.23. The summed E-state index contributed by atoms with van der Waals surface area (Å²) in [5, 5.41) is 4.72. The lowest BCUT2D eigenvalue weighted by Crippen LogP contribution is -2.40. The lowest BCUT2D eigenvalue weighted by atomic mass is 9.89. The number of hydrogen-bond donors (Lipinski definition) is 1. The van der Waals surface area contributed by atoms with E-state index in [4.69, 9.17) is 5.10 Å². The van der Waals surface area contributed by atoms with Gasteiger partial charge < -0.3 is 9.88 Å². The summed E-state index contributed by atoms with van der Waals surface area (Å²) < 4.78 is 14.8. The molecular formula is C28H31FN4O3. The molecule has 1 aliphatic heterocycles. The van der Waals surface area contributed by atoms with E-state index in [0.717, 1.165) is 62.9 Å². The van der Waals surface area contributed by atoms with Crippen molar-refractivity contribution in [2.45, 2.75) is 51.5 Å². The van der Waals surface area contributed by atoms with Gasteiger partial charge in [0, 0.05) is 41.8 Å². The number of H-pyrrole nitrogens is 1. The molecule has 3 heterocycles. The van der Waals surface area contributed by atoms with Gasteiger partial charge in [0.25, 0.3) is 11.1 Å². The van der Waals surface area contributed by atoms with E-state index >= 15 is 0 Å². The van der Waals surface area contributed by atoms with E-state index in [-0.39, 0.29) is 28.6 Å². The monoisotopic (exact) mass is 490 g/mol. The van der Waals surface area contributed by atoms with E-state index in [2.05, 4.69) is 9.88 Å². The maximum Gasteiger partial charge on any atom is 0.270 e. The van der Waals surface area contributed by atoms with Crippen LogP contribution in [0.3, 0.4) is 0 Å². The average Bonchev–Trinajstić information content (AvgIpc) is 2.91. The first-order valence-corrected chi connectivity index (χ1v) is 12.8. The molecular weight excluding hydrogens is 459 g/mol. The average molecular weight is 491 g/mol. The summed E-state index contributed by atoms with van der Waals surface area (Å²) in [5.74, 6) is -0.333. The molecule has 5 rings (SSSR count). The Balaban J connectivity index is 1.26. The third kappa shape index (κ3) is 5.23. The van der Waals surface area contributed by atoms with Crippen LogP contribution < -0.4 is 11.1 Å². The Morgan fingerprint density at radius 3 is 2.53 bits per heavy atom. The second-order valence-corrected chi connectivity index (χ2v) is 9.83. The van der Waals surface area contributed by atoms with Crippen LogP contribution >= 0.6 is 0 Å². The zero-order valence-corrected chi connectivity index (χ0v) is 20.3. The predicted octanol–water partition coefficient (Wildman–Crippen LogP) is 3.14. The Bertz CT molecular complexity index is 1350. The minimum Gasteiger partial charge on any atom is -0.329 e. The lowest BCUT2D eigenvalue weighted by Gasteiger charge is -2.31. The quantitative estimate of drug-likeness (QED) is 0.514. The number of carbonyl (C=O) groups excluding carboxylic acids is 1. The molecule has 3 aromatic rings. The van der Waals surface area contributed by atoms with E-state index in [1.165, 1.54) is 12.1 Å². The highest BCUT2D eigenvalue weighted by Gasteiger charge is 2.26. The van der Waals surface area contributed by atoms with Crippen LogP contribution in [-0.2, 0) is 25.8 Å². The third-order valence-electron chi connectivity index (χ3n) is 7.52. The van der Waals surface area contributed by atoms with Crippen molar-refractivity contribution < 1.29 is 9.18 Å². The van der Waals surface area contributed by atoms with Crippen molar-refractivity contribution >= 4 is 5.78 Å². The van der Waals surface area contributed by atoms with Crippen molar-refractivity contribution in [3.63, 3.8) is 0 Å². The fourth-order valence-electron chi connectivity index (χ4n) is 5.43. The lowest BCUT2D eigenvalue weighted by molar-refractivity contribution is 0.0836. The van der Waals surface area contributed by atoms with Crippen molar-refractivity contribution in [2.75, 3.05) is 19.6 Å². The van der Waals surface area contributed by atoms with Crippen molar-refractivity contribution in [1.29, 1.82) is 0 Å². The molecule has 7 nitrogen and oxygen atoms in total. The van der Waals surface area contributed by atoms with Gasteiger partial charge in [0.05, 0.1) is 12.2 Å². The molecule has 1 fully saturated rings. The summed E-state index contributed by atoms with van der Waals surface area (Å²) in [7, 11) is 0. The van der Waals surface area contributed by atoms with Gasteiger partial charge in [0.1, 0.15) is 5.82 Å². The second kappa shape index (κ2) is 10.7. The van der Waals surface area contributed by atoms with Crippen LogP contribution in [-0.4, -0.2) is 45.1 Å². The number of ketones is 1. The zero-order chi connectivity index (χ0) is 25.1. The molecule has 2 aliphatic rings. The molecule has 1 aromatic carbocycles. The summed E-state index contributed by atoms with van der Waals surface area (Å²) in [6.07, 6.45) is 7.16. The number of aryl methyl sites for hydroxylation is 1. The number of hydrogen-bond acceptors (Lipinski definition) is 5. The van der Waals surface area contributed by atoms with E-state index in [1.807, 2.05) is 0 Å². The van der Waals surface area contributed by atoms with Crippen LogP contribution in [0, 0.1) is 11.7 Å². The van der Waals surface area contributed by atoms with Crippen LogP contribution in [0.15, 0.2) is 52.2 Å². The molecule has 0 radical (unpaired) electrons. The number of halogens is 1. The third-order valence-corrected chi connectivity index (χ3v) is 7.52. The van der Waals surface area contributed by atoms with Gasteiger partial charge in [-0.1, -0.05) is 6.07 Å². The molecule has 0 atom stereocenters. The predicted molar refractivity (Wildman–Crippen MR) is 135 cm³/mol. The maximum atomic E-state index is 13.4. The molecule has 188 valence electrons. The molecule has 2 aromatic heterocycles. The van der Waals surface area contributed by atoms with Crippen LogP contribution in [0.1, 0.15) is 58.4 Å². The zero-order valence-electron chi connectivity index (χ0n) is 20.3. The second-order valence-electron chi connectivity index (χ2n) is 9.83. The first kappa shape index (κ1) is 24.3. The summed E-state index contributed by atoms with van der Waals surface area (Å²) >= 11 is 0. The van der Waals surface area contributed by atoms with Gasteiger partial charge >= 0.3 is 0 Å². The van der Waals surface area contributed by atoms with Gasteiger partial charge in [0.2, 0.25) is 0 Å². The van der Waals surface area contributed by atoms with E-state index in [1.54, 1.807) is 35.1 Å². The number of likely N-dealkylation sites (tertiary alicyclic amines) is 1. The topological polar surface area (TPSA) is 88.1 Å². The van der Waals surface area contributed by atoms with Gasteiger partial charge in [-0.25, -0.2) is 9.07 Å². The molecule has 1 saturated heterocycles. The molecule has 0 amide bonds. The van der Waals surface area contributed by atoms with Crippen LogP contribution in [0.2, 0.25) is 0 Å². The Hall–Kier alpha value is -3.39. The number of carbonyl (C=O) groups is 1. The number of rotatable bonds is 7. The van der Waals surface area contributed by atoms with Crippen molar-refractivity contribution in [2.24, 2.45) is 5.92 Å². The Labute approximate surface area is 209 Å². The van der Waals surface area contributed by atoms with Crippen molar-refractivity contribution in [1.82, 2.24) is 19.7 Å². The molecule has 8 heteroatoms. The number of nitrogens with zero attached hydrogens (tertiary/aromatic N) is 3. The highest BCUT2D eigenvalue weighted by Crippen LogP contribution is 2.23. The van der Waals surface area contributed by atoms with Gasteiger partial charge in [-0.05, 0) is 87.5 Å². The number of nitrogens with one attached hydrogen (secondary N) is 1. The van der Waals surface area contributed by atoms with Gasteiger partial charge in [-0.2, -0.15) is 5.10 Å². The van der Waals surface area contributed by atoms with E-state index in [0.29, 0.717) is 36.2 Å². The first-order chi connectivity index (χ1) is 17.5. The minimum absolute atomic E-state index is 0.0631. The number of Topliss-reactive ketones (excluding diaryl/α,β-unsaturated/α-hetero) is 1. The summed E-state index contributed by atoms with van der Waals surface area (Å²) in [6, 6.07) is 9.32. The smallest absolute Gasteiger partial charge is 0.270 e. The van der Waals surface area contributed by atoms with Crippen LogP contribution in [0.4, 0.5) is 4.39 Å². The van der Waals surface area contributed by atoms with Gasteiger partial charge in [0.15, 0.2) is 5.78 Å². The number of aromatic nitrogens is 3.